The minimum absolute atomic E-state index is 0.930. The summed E-state index contributed by atoms with van der Waals surface area (Å²) in [6.45, 7) is 2.97. The van der Waals surface area contributed by atoms with Crippen LogP contribution in [0.25, 0.3) is 0 Å². The fraction of sp³-hybridized carbons (Fsp3) is 0.750. The lowest BCUT2D eigenvalue weighted by Crippen LogP contribution is -2.45. The van der Waals surface area contributed by atoms with E-state index in [4.69, 9.17) is 119 Å². The van der Waals surface area contributed by atoms with E-state index >= 15 is 0 Å². The molecular formula is C12H12Cl9O6P. The number of carbonyl (C=O) groups is 3. The van der Waals surface area contributed by atoms with E-state index < -0.39 is 54.7 Å². The van der Waals surface area contributed by atoms with Crippen molar-refractivity contribution in [2.24, 2.45) is 0 Å². The number of alkyl halides is 9. The Hall–Kier alpha value is 1.45. The van der Waals surface area contributed by atoms with Crippen molar-refractivity contribution in [3.05, 3.63) is 0 Å². The number of hydrogen-bond acceptors (Lipinski definition) is 6. The smallest absolute Gasteiger partial charge is 0.303 e. The van der Waals surface area contributed by atoms with Crippen molar-refractivity contribution in [2.75, 3.05) is 0 Å². The molecule has 0 saturated carbocycles. The summed E-state index contributed by atoms with van der Waals surface area (Å²) in [4.78, 5) is 34.8. The maximum absolute atomic E-state index is 11.6. The molecule has 0 aliphatic heterocycles. The first-order chi connectivity index (χ1) is 12.3. The van der Waals surface area contributed by atoms with Crippen molar-refractivity contribution in [3.8, 4) is 0 Å². The molecule has 28 heavy (non-hydrogen) atoms. The summed E-state index contributed by atoms with van der Waals surface area (Å²) in [6.07, 6.45) is 0. The standard InChI is InChI=1S/C12H12Cl9O6P/c1-4(22)25-7(10(13,14)15)28(8(11(16,17)18)26-5(2)23)9(12(19,20)21)27-6(3)24/h7-9H,1-3H3/t7-,8-,9+/m1/s1. The summed E-state index contributed by atoms with van der Waals surface area (Å²) in [7, 11) is -2.63. The van der Waals surface area contributed by atoms with Gasteiger partial charge in [0.15, 0.2) is 17.5 Å². The Morgan fingerprint density at radius 2 is 0.750 bits per heavy atom. The first-order valence-electron chi connectivity index (χ1n) is 6.77. The van der Waals surface area contributed by atoms with Crippen LogP contribution in [-0.4, -0.2) is 46.8 Å². The highest BCUT2D eigenvalue weighted by molar-refractivity contribution is 7.61. The second-order valence-corrected chi connectivity index (χ2v) is 14.4. The van der Waals surface area contributed by atoms with Gasteiger partial charge in [0, 0.05) is 28.7 Å². The lowest BCUT2D eigenvalue weighted by atomic mass is 10.7. The molecule has 0 rings (SSSR count). The Balaban J connectivity index is 6.79. The van der Waals surface area contributed by atoms with E-state index in [0.717, 1.165) is 20.8 Å². The molecule has 0 aromatic heterocycles. The first kappa shape index (κ1) is 29.5. The third-order valence-corrected chi connectivity index (χ3v) is 8.74. The van der Waals surface area contributed by atoms with E-state index in [1.807, 2.05) is 0 Å². The van der Waals surface area contributed by atoms with Crippen LogP contribution in [0, 0.1) is 0 Å². The molecule has 0 unspecified atom stereocenters. The lowest BCUT2D eigenvalue weighted by molar-refractivity contribution is -0.144. The van der Waals surface area contributed by atoms with E-state index in [1.165, 1.54) is 0 Å². The van der Waals surface area contributed by atoms with E-state index in [0.29, 0.717) is 0 Å². The summed E-state index contributed by atoms with van der Waals surface area (Å²) < 4.78 is 7.99. The lowest BCUT2D eigenvalue weighted by Gasteiger charge is -2.43. The zero-order valence-electron chi connectivity index (χ0n) is 14.0. The highest BCUT2D eigenvalue weighted by Crippen LogP contribution is 2.67. The molecular weight excluding hydrogens is 590 g/mol. The van der Waals surface area contributed by atoms with Gasteiger partial charge in [0.25, 0.3) is 0 Å². The largest absolute Gasteiger partial charge is 0.453 e. The minimum atomic E-state index is -2.63. The number of esters is 3. The van der Waals surface area contributed by atoms with Gasteiger partial charge in [-0.15, -0.1) is 0 Å². The summed E-state index contributed by atoms with van der Waals surface area (Å²) in [5.74, 6) is -8.15. The average Bonchev–Trinajstić information content (AvgIpc) is 2.39. The first-order valence-corrected chi connectivity index (χ1v) is 11.7. The molecule has 0 fully saturated rings. The topological polar surface area (TPSA) is 78.9 Å². The molecule has 0 saturated heterocycles. The van der Waals surface area contributed by atoms with Crippen LogP contribution < -0.4 is 0 Å². The van der Waals surface area contributed by atoms with Gasteiger partial charge in [0.1, 0.15) is 0 Å². The highest BCUT2D eigenvalue weighted by atomic mass is 35.6. The Morgan fingerprint density at radius 3 is 0.857 bits per heavy atom. The number of halogens is 9. The van der Waals surface area contributed by atoms with Crippen molar-refractivity contribution < 1.29 is 28.6 Å². The zero-order valence-corrected chi connectivity index (χ0v) is 21.7. The summed E-state index contributed by atoms with van der Waals surface area (Å²) in [5.41, 5.74) is 0. The van der Waals surface area contributed by atoms with Crippen LogP contribution >= 0.6 is 112 Å². The van der Waals surface area contributed by atoms with Gasteiger partial charge in [-0.1, -0.05) is 104 Å². The molecule has 6 nitrogen and oxygen atoms in total. The monoisotopic (exact) mass is 598 g/mol. The highest BCUT2D eigenvalue weighted by Gasteiger charge is 2.59. The van der Waals surface area contributed by atoms with Crippen molar-refractivity contribution in [1.29, 1.82) is 0 Å². The summed E-state index contributed by atoms with van der Waals surface area (Å²) >= 11 is 53.4. The Morgan fingerprint density at radius 1 is 0.571 bits per heavy atom. The molecule has 0 aliphatic rings. The SMILES string of the molecule is CC(=O)O[C@H](P([C@@H](OC(C)=O)C(Cl)(Cl)Cl)[C@H](OC(C)=O)C(Cl)(Cl)Cl)C(Cl)(Cl)Cl. The van der Waals surface area contributed by atoms with Crippen molar-refractivity contribution in [1.82, 2.24) is 0 Å². The van der Waals surface area contributed by atoms with Crippen molar-refractivity contribution in [2.45, 2.75) is 49.7 Å². The number of ether oxygens (including phenoxy) is 3. The maximum atomic E-state index is 11.6. The Kier molecular flexibility index (Phi) is 11.9. The number of rotatable bonds is 6. The Bertz CT molecular complexity index is 505. The molecule has 16 heteroatoms. The van der Waals surface area contributed by atoms with Gasteiger partial charge in [-0.25, -0.2) is 0 Å². The molecule has 0 aliphatic carbocycles. The van der Waals surface area contributed by atoms with Crippen LogP contribution in [0.4, 0.5) is 0 Å². The summed E-state index contributed by atoms with van der Waals surface area (Å²) in [5, 5.41) is 0. The molecule has 0 radical (unpaired) electrons. The molecule has 164 valence electrons. The molecule has 0 aromatic carbocycles. The fourth-order valence-corrected chi connectivity index (χ4v) is 7.74. The van der Waals surface area contributed by atoms with Crippen LogP contribution in [0.3, 0.4) is 0 Å². The molecule has 0 bridgehead atoms. The van der Waals surface area contributed by atoms with Crippen LogP contribution in [0.15, 0.2) is 0 Å². The minimum Gasteiger partial charge on any atom is -0.453 e. The molecule has 0 aromatic rings. The third-order valence-electron chi connectivity index (χ3n) is 2.49. The fourth-order valence-electron chi connectivity index (χ4n) is 1.73. The molecule has 0 N–H and O–H groups in total. The molecule has 3 atom stereocenters. The average molecular weight is 602 g/mol. The molecule has 0 spiro atoms. The van der Waals surface area contributed by atoms with Crippen LogP contribution in [0.1, 0.15) is 20.8 Å². The van der Waals surface area contributed by atoms with Crippen molar-refractivity contribution >= 4 is 130 Å². The maximum Gasteiger partial charge on any atom is 0.303 e. The normalized spacial score (nSPS) is 16.2. The van der Waals surface area contributed by atoms with E-state index in [-0.39, 0.29) is 0 Å². The second-order valence-electron chi connectivity index (χ2n) is 4.96. The van der Waals surface area contributed by atoms with Crippen LogP contribution in [-0.2, 0) is 28.6 Å². The van der Waals surface area contributed by atoms with Gasteiger partial charge in [0.05, 0.1) is 0 Å². The van der Waals surface area contributed by atoms with Gasteiger partial charge < -0.3 is 14.2 Å². The molecule has 0 heterocycles. The third kappa shape index (κ3) is 10.2. The number of hydrogen-bond donors (Lipinski definition) is 0. The van der Waals surface area contributed by atoms with E-state index in [2.05, 4.69) is 0 Å². The van der Waals surface area contributed by atoms with Crippen LogP contribution in [0.2, 0.25) is 0 Å². The second kappa shape index (κ2) is 11.4. The van der Waals surface area contributed by atoms with Gasteiger partial charge in [-0.05, 0) is 0 Å². The predicted molar refractivity (Wildman–Crippen MR) is 114 cm³/mol. The van der Waals surface area contributed by atoms with E-state index in [9.17, 15) is 14.4 Å². The van der Waals surface area contributed by atoms with Gasteiger partial charge in [-0.3, -0.25) is 14.4 Å². The number of carbonyl (C=O) groups excluding carboxylic acids is 3. The van der Waals surface area contributed by atoms with Gasteiger partial charge in [0.2, 0.25) is 11.4 Å². The zero-order chi connectivity index (χ0) is 22.7. The predicted octanol–water partition coefficient (Wildman–Crippen LogP) is 6.25. The van der Waals surface area contributed by atoms with Crippen LogP contribution in [0.5, 0.6) is 0 Å². The van der Waals surface area contributed by atoms with E-state index in [1.54, 1.807) is 0 Å². The van der Waals surface area contributed by atoms with Crippen molar-refractivity contribution in [3.63, 3.8) is 0 Å². The quantitative estimate of drug-likeness (QED) is 0.155. The Labute approximate surface area is 207 Å². The molecule has 0 amide bonds. The van der Waals surface area contributed by atoms with Gasteiger partial charge >= 0.3 is 17.9 Å². The van der Waals surface area contributed by atoms with Gasteiger partial charge in [-0.2, -0.15) is 0 Å². The summed E-state index contributed by atoms with van der Waals surface area (Å²) in [6, 6.07) is 0.